The lowest BCUT2D eigenvalue weighted by Gasteiger charge is -2.20. The average Bonchev–Trinajstić information content (AvgIpc) is 2.81. The number of fused-ring (bicyclic) bond motifs is 1. The number of nitrogens with two attached hydrogens (primary N) is 1. The Labute approximate surface area is 115 Å². The zero-order chi connectivity index (χ0) is 13.9. The van der Waals surface area contributed by atoms with Crippen LogP contribution in [0.4, 0.5) is 0 Å². The average molecular weight is 280 g/mol. The van der Waals surface area contributed by atoms with E-state index in [2.05, 4.69) is 14.9 Å². The van der Waals surface area contributed by atoms with E-state index in [1.54, 1.807) is 6.92 Å². The lowest BCUT2D eigenvalue weighted by Crippen LogP contribution is -2.46. The zero-order valence-corrected chi connectivity index (χ0v) is 11.7. The topological polar surface area (TPSA) is 82.5 Å². The molecule has 0 fully saturated rings. The summed E-state index contributed by atoms with van der Waals surface area (Å²) >= 11 is 1.51. The number of hydrogen-bond acceptors (Lipinski definition) is 6. The van der Waals surface area contributed by atoms with Crippen molar-refractivity contribution in [3.8, 4) is 0 Å². The molecule has 102 valence electrons. The highest BCUT2D eigenvalue weighted by Crippen LogP contribution is 2.20. The van der Waals surface area contributed by atoms with Gasteiger partial charge < -0.3 is 10.5 Å². The van der Waals surface area contributed by atoms with Crippen LogP contribution in [0.25, 0.3) is 5.65 Å². The zero-order valence-electron chi connectivity index (χ0n) is 10.9. The summed E-state index contributed by atoms with van der Waals surface area (Å²) in [7, 11) is 1.34. The van der Waals surface area contributed by atoms with Crippen LogP contribution in [-0.2, 0) is 9.53 Å². The summed E-state index contributed by atoms with van der Waals surface area (Å²) in [5.74, 6) is 0.261. The fourth-order valence-electron chi connectivity index (χ4n) is 1.61. The van der Waals surface area contributed by atoms with Gasteiger partial charge in [-0.25, -0.2) is 0 Å². The van der Waals surface area contributed by atoms with Gasteiger partial charge in [0.1, 0.15) is 5.54 Å². The standard InChI is InChI=1S/C12H16N4O2S/c1-12(13,10(17)18-2)6-8-19-11-15-14-9-5-3-4-7-16(9)11/h3-5,7H,6,8,13H2,1-2H3. The molecule has 0 bridgehead atoms. The molecule has 1 unspecified atom stereocenters. The number of carbonyl (C=O) groups excluding carboxylic acids is 1. The van der Waals surface area contributed by atoms with E-state index in [4.69, 9.17) is 5.73 Å². The van der Waals surface area contributed by atoms with Crippen LogP contribution < -0.4 is 5.73 Å². The fourth-order valence-corrected chi connectivity index (χ4v) is 2.71. The van der Waals surface area contributed by atoms with Gasteiger partial charge in [0.2, 0.25) is 0 Å². The van der Waals surface area contributed by atoms with Gasteiger partial charge in [0, 0.05) is 11.9 Å². The van der Waals surface area contributed by atoms with Crippen molar-refractivity contribution in [2.75, 3.05) is 12.9 Å². The Hall–Kier alpha value is -1.60. The number of hydrogen-bond donors (Lipinski definition) is 1. The molecule has 0 saturated carbocycles. The number of rotatable bonds is 5. The Morgan fingerprint density at radius 1 is 1.53 bits per heavy atom. The first-order chi connectivity index (χ1) is 9.04. The lowest BCUT2D eigenvalue weighted by molar-refractivity contribution is -0.146. The second-order valence-corrected chi connectivity index (χ2v) is 5.48. The Morgan fingerprint density at radius 3 is 3.05 bits per heavy atom. The van der Waals surface area contributed by atoms with Gasteiger partial charge in [-0.15, -0.1) is 10.2 Å². The van der Waals surface area contributed by atoms with Crippen LogP contribution in [0.15, 0.2) is 29.6 Å². The molecule has 1 atom stereocenters. The maximum atomic E-state index is 11.4. The Kier molecular flexibility index (Phi) is 4.06. The third kappa shape index (κ3) is 3.05. The predicted molar refractivity (Wildman–Crippen MR) is 72.9 cm³/mol. The second kappa shape index (κ2) is 5.58. The van der Waals surface area contributed by atoms with Crippen molar-refractivity contribution in [2.24, 2.45) is 5.73 Å². The van der Waals surface area contributed by atoms with Crippen molar-refractivity contribution in [3.63, 3.8) is 0 Å². The molecule has 0 radical (unpaired) electrons. The van der Waals surface area contributed by atoms with E-state index in [0.29, 0.717) is 12.2 Å². The van der Waals surface area contributed by atoms with Gasteiger partial charge >= 0.3 is 5.97 Å². The third-order valence-electron chi connectivity index (χ3n) is 2.79. The summed E-state index contributed by atoms with van der Waals surface area (Å²) in [6.07, 6.45) is 2.41. The summed E-state index contributed by atoms with van der Waals surface area (Å²) in [6, 6.07) is 5.72. The van der Waals surface area contributed by atoms with Crippen LogP contribution in [0.1, 0.15) is 13.3 Å². The molecular weight excluding hydrogens is 264 g/mol. The van der Waals surface area contributed by atoms with Crippen LogP contribution in [-0.4, -0.2) is 39.0 Å². The van der Waals surface area contributed by atoms with Crippen LogP contribution >= 0.6 is 11.8 Å². The number of pyridine rings is 1. The van der Waals surface area contributed by atoms with Crippen LogP contribution in [0, 0.1) is 0 Å². The summed E-state index contributed by atoms with van der Waals surface area (Å²) in [5, 5.41) is 8.94. The number of methoxy groups -OCH3 is 1. The summed E-state index contributed by atoms with van der Waals surface area (Å²) in [5.41, 5.74) is 5.72. The van der Waals surface area contributed by atoms with Gasteiger partial charge in [-0.05, 0) is 25.5 Å². The molecular formula is C12H16N4O2S. The molecule has 0 aliphatic rings. The number of nitrogens with zero attached hydrogens (tertiary/aromatic N) is 3. The maximum Gasteiger partial charge on any atom is 0.325 e. The van der Waals surface area contributed by atoms with Crippen LogP contribution in [0.3, 0.4) is 0 Å². The van der Waals surface area contributed by atoms with E-state index in [0.717, 1.165) is 10.8 Å². The van der Waals surface area contributed by atoms with Crippen LogP contribution in [0.5, 0.6) is 0 Å². The van der Waals surface area contributed by atoms with Crippen LogP contribution in [0.2, 0.25) is 0 Å². The molecule has 0 spiro atoms. The Morgan fingerprint density at radius 2 is 2.32 bits per heavy atom. The summed E-state index contributed by atoms with van der Waals surface area (Å²) in [6.45, 7) is 1.67. The smallest absolute Gasteiger partial charge is 0.325 e. The van der Waals surface area contributed by atoms with Crippen molar-refractivity contribution >= 4 is 23.4 Å². The molecule has 0 aromatic carbocycles. The quantitative estimate of drug-likeness (QED) is 0.652. The van der Waals surface area contributed by atoms with E-state index in [1.807, 2.05) is 28.8 Å². The lowest BCUT2D eigenvalue weighted by atomic mass is 10.0. The molecule has 0 amide bonds. The first-order valence-electron chi connectivity index (χ1n) is 5.84. The van der Waals surface area contributed by atoms with E-state index in [1.165, 1.54) is 18.9 Å². The Bertz CT molecular complexity index is 582. The van der Waals surface area contributed by atoms with Crippen molar-refractivity contribution in [2.45, 2.75) is 24.0 Å². The van der Waals surface area contributed by atoms with E-state index in [-0.39, 0.29) is 0 Å². The molecule has 6 nitrogen and oxygen atoms in total. The van der Waals surface area contributed by atoms with Gasteiger partial charge in [-0.2, -0.15) is 0 Å². The molecule has 2 rings (SSSR count). The van der Waals surface area contributed by atoms with Gasteiger partial charge in [-0.3, -0.25) is 9.20 Å². The van der Waals surface area contributed by atoms with E-state index < -0.39 is 11.5 Å². The monoisotopic (exact) mass is 280 g/mol. The number of esters is 1. The highest BCUT2D eigenvalue weighted by atomic mass is 32.2. The normalized spacial score (nSPS) is 14.3. The third-order valence-corrected chi connectivity index (χ3v) is 3.73. The maximum absolute atomic E-state index is 11.4. The molecule has 0 aliphatic carbocycles. The number of thioether (sulfide) groups is 1. The molecule has 19 heavy (non-hydrogen) atoms. The number of carbonyl (C=O) groups is 1. The predicted octanol–water partition coefficient (Wildman–Crippen LogP) is 1.10. The first kappa shape index (κ1) is 13.8. The highest BCUT2D eigenvalue weighted by Gasteiger charge is 2.29. The number of ether oxygens (including phenoxy) is 1. The van der Waals surface area contributed by atoms with Crippen molar-refractivity contribution in [3.05, 3.63) is 24.4 Å². The minimum atomic E-state index is -0.970. The van der Waals surface area contributed by atoms with Gasteiger partial charge in [0.15, 0.2) is 10.8 Å². The molecule has 2 N–H and O–H groups in total. The molecule has 0 saturated heterocycles. The van der Waals surface area contributed by atoms with Crippen molar-refractivity contribution in [1.29, 1.82) is 0 Å². The minimum Gasteiger partial charge on any atom is -0.468 e. The molecule has 2 aromatic rings. The van der Waals surface area contributed by atoms with E-state index >= 15 is 0 Å². The SMILES string of the molecule is COC(=O)C(C)(N)CCSc1nnc2ccccn12. The van der Waals surface area contributed by atoms with Gasteiger partial charge in [0.25, 0.3) is 0 Å². The first-order valence-corrected chi connectivity index (χ1v) is 6.83. The highest BCUT2D eigenvalue weighted by molar-refractivity contribution is 7.99. The largest absolute Gasteiger partial charge is 0.468 e. The summed E-state index contributed by atoms with van der Waals surface area (Å²) < 4.78 is 6.57. The molecule has 2 heterocycles. The molecule has 2 aromatic heterocycles. The second-order valence-electron chi connectivity index (χ2n) is 4.42. The minimum absolute atomic E-state index is 0.404. The molecule has 0 aliphatic heterocycles. The van der Waals surface area contributed by atoms with Gasteiger partial charge in [-0.1, -0.05) is 17.8 Å². The number of aromatic nitrogens is 3. The Balaban J connectivity index is 1.98. The van der Waals surface area contributed by atoms with Crippen molar-refractivity contribution in [1.82, 2.24) is 14.6 Å². The van der Waals surface area contributed by atoms with Crippen molar-refractivity contribution < 1.29 is 9.53 Å². The van der Waals surface area contributed by atoms with Gasteiger partial charge in [0.05, 0.1) is 7.11 Å². The summed E-state index contributed by atoms with van der Waals surface area (Å²) in [4.78, 5) is 11.4. The van der Waals surface area contributed by atoms with E-state index in [9.17, 15) is 4.79 Å². The fraction of sp³-hybridized carbons (Fsp3) is 0.417. The molecule has 7 heteroatoms.